The van der Waals surface area contributed by atoms with Gasteiger partial charge in [0.25, 0.3) is 0 Å². The van der Waals surface area contributed by atoms with Crippen LogP contribution in [0.5, 0.6) is 0 Å². The van der Waals surface area contributed by atoms with E-state index in [1.165, 1.54) is 164 Å². The van der Waals surface area contributed by atoms with E-state index in [1.54, 1.807) is 0 Å². The van der Waals surface area contributed by atoms with E-state index in [4.69, 9.17) is 4.42 Å². The van der Waals surface area contributed by atoms with Crippen LogP contribution < -0.4 is 0 Å². The molecule has 10 heteroatoms. The first kappa shape index (κ1) is 78.3. The summed E-state index contributed by atoms with van der Waals surface area (Å²) >= 11 is 0. The molecule has 640 valence electrons. The van der Waals surface area contributed by atoms with Gasteiger partial charge in [0.2, 0.25) is 11.8 Å². The number of benzene rings is 20. The average Bonchev–Trinajstić information content (AvgIpc) is 1.57. The van der Waals surface area contributed by atoms with Gasteiger partial charge in [-0.25, -0.2) is 0 Å². The lowest BCUT2D eigenvalue weighted by molar-refractivity contribution is 0.584. The normalized spacial score (nSPS) is 11.8. The smallest absolute Gasteiger partial charge is 0.248 e. The molecule has 0 spiro atoms. The van der Waals surface area contributed by atoms with Crippen LogP contribution in [-0.2, 0) is 0 Å². The quantitative estimate of drug-likeness (QED) is 0.109. The van der Waals surface area contributed by atoms with E-state index in [1.807, 2.05) is 48.7 Å². The highest BCUT2D eigenvalue weighted by atomic mass is 16.4. The number of para-hydroxylation sites is 5. The lowest BCUT2D eigenvalue weighted by Crippen LogP contribution is -1.95. The van der Waals surface area contributed by atoms with Crippen molar-refractivity contribution in [1.29, 1.82) is 0 Å². The molecule has 0 N–H and O–H groups in total. The van der Waals surface area contributed by atoms with Crippen LogP contribution in [0, 0.1) is 0 Å². The zero-order valence-corrected chi connectivity index (χ0v) is 74.2. The van der Waals surface area contributed by atoms with Gasteiger partial charge < -0.3 is 31.8 Å². The minimum absolute atomic E-state index is 0.496. The van der Waals surface area contributed by atoms with E-state index >= 15 is 0 Å². The third-order valence-electron chi connectivity index (χ3n) is 27.7. The predicted molar refractivity (Wildman–Crippen MR) is 568 cm³/mol. The summed E-state index contributed by atoms with van der Waals surface area (Å²) in [6, 6.07) is 175. The number of nitrogens with zero attached hydrogens (tertiary/aromatic N) is 9. The summed E-state index contributed by atoms with van der Waals surface area (Å²) in [7, 11) is 0. The molecule has 0 saturated carbocycles. The van der Waals surface area contributed by atoms with E-state index in [-0.39, 0.29) is 0 Å². The van der Waals surface area contributed by atoms with Crippen molar-refractivity contribution in [2.75, 3.05) is 0 Å². The molecule has 0 fully saturated rings. The predicted octanol–water partition coefficient (Wildman–Crippen LogP) is 33.1. The first-order valence-electron chi connectivity index (χ1n) is 46.6. The number of fused-ring (bicyclic) bond motifs is 18. The van der Waals surface area contributed by atoms with Gasteiger partial charge in [-0.2, -0.15) is 0 Å². The van der Waals surface area contributed by atoms with E-state index < -0.39 is 0 Å². The van der Waals surface area contributed by atoms with Crippen molar-refractivity contribution >= 4 is 131 Å². The van der Waals surface area contributed by atoms with Gasteiger partial charge in [0.05, 0.1) is 71.9 Å². The summed E-state index contributed by atoms with van der Waals surface area (Å²) in [5.41, 5.74) is 36.5. The third-order valence-corrected chi connectivity index (χ3v) is 27.7. The Labute approximate surface area is 787 Å². The summed E-state index contributed by atoms with van der Waals surface area (Å²) in [6.07, 6.45) is 1.85. The molecule has 0 amide bonds. The molecular weight excluding hydrogens is 1670 g/mol. The van der Waals surface area contributed by atoms with Gasteiger partial charge in [-0.1, -0.05) is 261 Å². The van der Waals surface area contributed by atoms with Crippen LogP contribution in [0.4, 0.5) is 0 Å². The minimum atomic E-state index is 0.496. The molecular formula is C127H81N9O. The fourth-order valence-electron chi connectivity index (χ4n) is 21.3. The first-order valence-corrected chi connectivity index (χ1v) is 46.6. The lowest BCUT2D eigenvalue weighted by Gasteiger charge is -2.11. The van der Waals surface area contributed by atoms with Crippen LogP contribution in [0.1, 0.15) is 0 Å². The zero-order chi connectivity index (χ0) is 90.1. The molecule has 8 aromatic heterocycles. The summed E-state index contributed by atoms with van der Waals surface area (Å²) in [5, 5.41) is 23.3. The maximum absolute atomic E-state index is 6.07. The van der Waals surface area contributed by atoms with E-state index in [0.717, 1.165) is 78.6 Å². The Kier molecular flexibility index (Phi) is 18.4. The van der Waals surface area contributed by atoms with Gasteiger partial charge >= 0.3 is 0 Å². The van der Waals surface area contributed by atoms with Crippen LogP contribution in [-0.4, -0.2) is 42.6 Å². The summed E-state index contributed by atoms with van der Waals surface area (Å²) in [6.45, 7) is 0. The van der Waals surface area contributed by atoms with Crippen molar-refractivity contribution in [2.45, 2.75) is 0 Å². The van der Waals surface area contributed by atoms with Crippen LogP contribution in [0.25, 0.3) is 255 Å². The van der Waals surface area contributed by atoms with Crippen LogP contribution in [0.3, 0.4) is 0 Å². The molecule has 0 bridgehead atoms. The highest BCUT2D eigenvalue weighted by molar-refractivity contribution is 6.18. The molecule has 0 radical (unpaired) electrons. The third kappa shape index (κ3) is 13.2. The first-order chi connectivity index (χ1) is 67.9. The standard InChI is InChI=1S/C71H46N4.C56H35N5O/c1-5-15-47(16-6-1)51-26-34-66-59(41-51)61-44-54(29-37-67(61)74(66)57-31-24-50(25-32-57)65-23-13-14-40-72-65)55-30-38-70-62(45-55)60-42-52(48-17-7-2-8-18-48)28-36-69(60)75(70)58-33-39-71-64(46-58)63-43-53(49-19-9-3-10-20-49)27-35-68(63)73(71)56-21-11-4-12-22-56;1-3-13-36(14-4-1)55-57-58-56(62-55)37-23-27-41(28-24-37)60-49-20-10-7-17-43(49)46-33-38(25-30-52(46)60)39-26-31-53-47(34-39)44-18-8-12-22-51(44)61(53)42-29-32-54-48(35-42)45-19-9-11-21-50(45)59(54)40-15-5-2-6-16-40/h1-46H;1-35H. The van der Waals surface area contributed by atoms with Gasteiger partial charge in [-0.15, -0.1) is 10.2 Å². The molecule has 137 heavy (non-hydrogen) atoms. The second kappa shape index (κ2) is 32.2. The van der Waals surface area contributed by atoms with Crippen molar-refractivity contribution in [1.82, 2.24) is 42.6 Å². The van der Waals surface area contributed by atoms with Crippen molar-refractivity contribution < 1.29 is 4.42 Å². The monoisotopic (exact) mass is 1750 g/mol. The number of pyridine rings is 1. The SMILES string of the molecule is c1ccc(-c2ccc3c(c2)c2cc(-c4ccc5c(c4)c4cc(-c6ccccc6)ccc4n5-c4ccc5c(c4)c4cc(-c6ccccc6)ccc4n5-c4ccccc4)ccc2n3-c2ccc(-c3ccccn3)cc2)cc1.c1ccc(-c2nnc(-c3ccc(-n4c5ccccc5c5cc(-c6ccc7c(c6)c6ccccc6n7-c6ccc7c(c6)c6ccccc6n7-c6ccccc6)ccc54)cc3)o2)cc1. The van der Waals surface area contributed by atoms with Crippen molar-refractivity contribution in [3.8, 4) is 124 Å². The Bertz CT molecular complexity index is 9610. The Balaban J connectivity index is 0.000000141. The fourth-order valence-corrected chi connectivity index (χ4v) is 21.3. The molecule has 8 heterocycles. The molecule has 0 saturated heterocycles. The maximum atomic E-state index is 6.07. The minimum Gasteiger partial charge on any atom is -0.416 e. The number of hydrogen-bond donors (Lipinski definition) is 0. The van der Waals surface area contributed by atoms with E-state index in [9.17, 15) is 0 Å². The molecule has 0 aliphatic heterocycles. The summed E-state index contributed by atoms with van der Waals surface area (Å²) in [5.74, 6) is 1.00. The Morgan fingerprint density at radius 1 is 0.139 bits per heavy atom. The van der Waals surface area contributed by atoms with Gasteiger partial charge in [-0.05, 0) is 280 Å². The van der Waals surface area contributed by atoms with Crippen molar-refractivity contribution in [3.05, 3.63) is 492 Å². The number of aromatic nitrogens is 9. The average molecular weight is 1750 g/mol. The highest BCUT2D eigenvalue weighted by Crippen LogP contribution is 2.47. The van der Waals surface area contributed by atoms with Crippen LogP contribution in [0.15, 0.2) is 496 Å². The molecule has 0 aliphatic carbocycles. The second-order valence-electron chi connectivity index (χ2n) is 35.4. The molecule has 10 nitrogen and oxygen atoms in total. The molecule has 0 aliphatic rings. The van der Waals surface area contributed by atoms with Crippen molar-refractivity contribution in [3.63, 3.8) is 0 Å². The zero-order valence-electron chi connectivity index (χ0n) is 74.2. The maximum Gasteiger partial charge on any atom is 0.248 e. The Morgan fingerprint density at radius 2 is 0.350 bits per heavy atom. The van der Waals surface area contributed by atoms with Gasteiger partial charge in [0.15, 0.2) is 0 Å². The molecule has 28 aromatic rings. The van der Waals surface area contributed by atoms with Gasteiger partial charge in [0.1, 0.15) is 0 Å². The highest BCUT2D eigenvalue weighted by Gasteiger charge is 2.25. The molecule has 0 atom stereocenters. The molecule has 28 rings (SSSR count). The second-order valence-corrected chi connectivity index (χ2v) is 35.4. The Hall–Kier alpha value is -18.5. The summed E-state index contributed by atoms with van der Waals surface area (Å²) < 4.78 is 20.5. The van der Waals surface area contributed by atoms with Gasteiger partial charge in [-0.3, -0.25) is 4.98 Å². The molecule has 20 aromatic carbocycles. The number of rotatable bonds is 14. The van der Waals surface area contributed by atoms with Crippen molar-refractivity contribution in [2.24, 2.45) is 0 Å². The van der Waals surface area contributed by atoms with E-state index in [2.05, 4.69) is 485 Å². The largest absolute Gasteiger partial charge is 0.416 e. The topological polar surface area (TPSA) is 81.4 Å². The molecule has 0 unspecified atom stereocenters. The fraction of sp³-hybridized carbons (Fsp3) is 0. The lowest BCUT2D eigenvalue weighted by atomic mass is 9.98. The Morgan fingerprint density at radius 3 is 0.672 bits per heavy atom. The van der Waals surface area contributed by atoms with E-state index in [0.29, 0.717) is 11.8 Å². The number of hydrogen-bond acceptors (Lipinski definition) is 4. The van der Waals surface area contributed by atoms with Crippen LogP contribution in [0.2, 0.25) is 0 Å². The summed E-state index contributed by atoms with van der Waals surface area (Å²) in [4.78, 5) is 4.62. The van der Waals surface area contributed by atoms with Gasteiger partial charge in [0, 0.05) is 122 Å². The van der Waals surface area contributed by atoms with Crippen LogP contribution >= 0.6 is 0 Å².